The van der Waals surface area contributed by atoms with Crippen LogP contribution in [0.5, 0.6) is 0 Å². The number of nitrogens with one attached hydrogen (secondary N) is 3. The average Bonchev–Trinajstić information content (AvgIpc) is 3.43. The van der Waals surface area contributed by atoms with Crippen molar-refractivity contribution >= 4 is 34.9 Å². The number of anilines is 2. The number of rotatable bonds is 6. The summed E-state index contributed by atoms with van der Waals surface area (Å²) in [6.07, 6.45) is 3.07. The Hall–Kier alpha value is -4.04. The Balaban J connectivity index is 1.36. The Morgan fingerprint density at radius 2 is 1.78 bits per heavy atom. The Kier molecular flexibility index (Phi) is 6.23. The first-order valence-corrected chi connectivity index (χ1v) is 10.2. The van der Waals surface area contributed by atoms with Gasteiger partial charge >= 0.3 is 6.03 Å². The first-order valence-electron chi connectivity index (χ1n) is 9.79. The predicted molar refractivity (Wildman–Crippen MR) is 122 cm³/mol. The van der Waals surface area contributed by atoms with Crippen LogP contribution in [0.1, 0.15) is 21.8 Å². The quantitative estimate of drug-likeness (QED) is 0.385. The molecule has 0 bridgehead atoms. The zero-order chi connectivity index (χ0) is 22.5. The van der Waals surface area contributed by atoms with E-state index in [0.717, 1.165) is 5.69 Å². The zero-order valence-electron chi connectivity index (χ0n) is 17.1. The molecule has 2 heterocycles. The molecule has 4 rings (SSSR count). The maximum Gasteiger partial charge on any atom is 0.319 e. The van der Waals surface area contributed by atoms with E-state index < -0.39 is 0 Å². The molecule has 2 aromatic heterocycles. The van der Waals surface area contributed by atoms with Gasteiger partial charge in [0.05, 0.1) is 35.9 Å². The topological polar surface area (TPSA) is 101 Å². The number of carbonyl (C=O) groups excluding carboxylic acids is 2. The van der Waals surface area contributed by atoms with E-state index in [1.165, 1.54) is 6.20 Å². The number of aromatic nitrogens is 2. The highest BCUT2D eigenvalue weighted by molar-refractivity contribution is 6.30. The molecule has 0 saturated heterocycles. The van der Waals surface area contributed by atoms with Gasteiger partial charge in [-0.25, -0.2) is 9.48 Å². The molecule has 3 N–H and O–H groups in total. The molecule has 0 spiro atoms. The maximum atomic E-state index is 12.7. The lowest BCUT2D eigenvalue weighted by molar-refractivity contribution is 0.102. The third-order valence-electron chi connectivity index (χ3n) is 4.71. The molecule has 0 aliphatic heterocycles. The lowest BCUT2D eigenvalue weighted by Gasteiger charge is -2.09. The van der Waals surface area contributed by atoms with Gasteiger partial charge in [0.2, 0.25) is 0 Å². The fraction of sp³-hybridized carbons (Fsp3) is 0.0870. The summed E-state index contributed by atoms with van der Waals surface area (Å²) in [6.45, 7) is 2.10. The summed E-state index contributed by atoms with van der Waals surface area (Å²) in [6, 6.07) is 17.2. The summed E-state index contributed by atoms with van der Waals surface area (Å²) in [4.78, 5) is 24.7. The van der Waals surface area contributed by atoms with Crippen molar-refractivity contribution in [1.82, 2.24) is 15.1 Å². The fourth-order valence-corrected chi connectivity index (χ4v) is 3.28. The number of furan rings is 1. The molecule has 4 aromatic rings. The van der Waals surface area contributed by atoms with Crippen LogP contribution in [0.2, 0.25) is 5.02 Å². The van der Waals surface area contributed by atoms with Crippen LogP contribution in [0.15, 0.2) is 77.5 Å². The van der Waals surface area contributed by atoms with Crippen molar-refractivity contribution in [3.05, 3.63) is 95.2 Å². The molecule has 0 fully saturated rings. The maximum absolute atomic E-state index is 12.7. The van der Waals surface area contributed by atoms with Crippen molar-refractivity contribution in [1.29, 1.82) is 0 Å². The van der Waals surface area contributed by atoms with Gasteiger partial charge in [-0.3, -0.25) is 4.79 Å². The third-order valence-corrected chi connectivity index (χ3v) is 4.95. The molecular formula is C23H20ClN5O3. The predicted octanol–water partition coefficient (Wildman–Crippen LogP) is 5.00. The summed E-state index contributed by atoms with van der Waals surface area (Å²) in [5, 5.41) is 13.2. The largest absolute Gasteiger partial charge is 0.467 e. The Morgan fingerprint density at radius 1 is 1.03 bits per heavy atom. The molecule has 0 aliphatic carbocycles. The highest BCUT2D eigenvalue weighted by atomic mass is 35.5. The smallest absolute Gasteiger partial charge is 0.319 e. The van der Waals surface area contributed by atoms with Gasteiger partial charge in [-0.15, -0.1) is 0 Å². The van der Waals surface area contributed by atoms with Crippen LogP contribution in [0, 0.1) is 6.92 Å². The van der Waals surface area contributed by atoms with E-state index in [4.69, 9.17) is 16.0 Å². The number of nitrogens with zero attached hydrogens (tertiary/aromatic N) is 2. The molecule has 0 radical (unpaired) electrons. The summed E-state index contributed by atoms with van der Waals surface area (Å²) >= 11 is 6.05. The van der Waals surface area contributed by atoms with E-state index >= 15 is 0 Å². The van der Waals surface area contributed by atoms with Crippen LogP contribution in [0.25, 0.3) is 5.69 Å². The molecule has 9 heteroatoms. The van der Waals surface area contributed by atoms with E-state index in [2.05, 4.69) is 21.0 Å². The molecule has 162 valence electrons. The number of amides is 3. The van der Waals surface area contributed by atoms with E-state index in [9.17, 15) is 9.59 Å². The zero-order valence-corrected chi connectivity index (χ0v) is 17.9. The van der Waals surface area contributed by atoms with Crippen molar-refractivity contribution in [3.63, 3.8) is 0 Å². The number of hydrogen-bond acceptors (Lipinski definition) is 4. The summed E-state index contributed by atoms with van der Waals surface area (Å²) < 4.78 is 6.83. The lowest BCUT2D eigenvalue weighted by atomic mass is 10.2. The van der Waals surface area contributed by atoms with Crippen molar-refractivity contribution in [3.8, 4) is 5.69 Å². The van der Waals surface area contributed by atoms with Gasteiger partial charge in [0.15, 0.2) is 0 Å². The highest BCUT2D eigenvalue weighted by Crippen LogP contribution is 2.20. The SMILES string of the molecule is Cc1c(C(=O)Nc2ccc(NC(=O)NCc3ccco3)cc2)cnn1-c1cccc(Cl)c1. The first kappa shape index (κ1) is 21.2. The Bertz CT molecular complexity index is 1230. The van der Waals surface area contributed by atoms with Crippen molar-refractivity contribution in [2.45, 2.75) is 13.5 Å². The molecule has 2 aromatic carbocycles. The van der Waals surface area contributed by atoms with Crippen LogP contribution in [0.4, 0.5) is 16.2 Å². The summed E-state index contributed by atoms with van der Waals surface area (Å²) in [5.41, 5.74) is 3.09. The standard InChI is InChI=1S/C23H20ClN5O3/c1-15-21(14-26-29(15)19-5-2-4-16(24)12-19)22(30)27-17-7-9-18(10-8-17)28-23(31)25-13-20-6-3-11-32-20/h2-12,14H,13H2,1H3,(H,27,30)(H2,25,28,31). The Morgan fingerprint density at radius 3 is 2.47 bits per heavy atom. The molecule has 0 unspecified atom stereocenters. The first-order chi connectivity index (χ1) is 15.5. The van der Waals surface area contributed by atoms with Crippen molar-refractivity contribution < 1.29 is 14.0 Å². The summed E-state index contributed by atoms with van der Waals surface area (Å²) in [5.74, 6) is 0.375. The molecular weight excluding hydrogens is 430 g/mol. The second kappa shape index (κ2) is 9.40. The van der Waals surface area contributed by atoms with E-state index in [-0.39, 0.29) is 18.5 Å². The third kappa shape index (κ3) is 4.98. The minimum Gasteiger partial charge on any atom is -0.467 e. The summed E-state index contributed by atoms with van der Waals surface area (Å²) in [7, 11) is 0. The molecule has 8 nitrogen and oxygen atoms in total. The molecule has 32 heavy (non-hydrogen) atoms. The second-order valence-electron chi connectivity index (χ2n) is 6.95. The molecule has 0 saturated carbocycles. The van der Waals surface area contributed by atoms with Crippen LogP contribution in [-0.2, 0) is 6.54 Å². The molecule has 3 amide bonds. The number of benzene rings is 2. The van der Waals surface area contributed by atoms with E-state index in [1.807, 2.05) is 19.1 Å². The normalized spacial score (nSPS) is 10.6. The fourth-order valence-electron chi connectivity index (χ4n) is 3.09. The van der Waals surface area contributed by atoms with Gasteiger partial charge < -0.3 is 20.4 Å². The Labute approximate surface area is 189 Å². The van der Waals surface area contributed by atoms with Crippen LogP contribution in [-0.4, -0.2) is 21.7 Å². The minimum atomic E-state index is -0.359. The number of halogens is 1. The number of carbonyl (C=O) groups is 2. The minimum absolute atomic E-state index is 0.285. The highest BCUT2D eigenvalue weighted by Gasteiger charge is 2.15. The van der Waals surface area contributed by atoms with E-state index in [1.54, 1.807) is 59.5 Å². The average molecular weight is 450 g/mol. The number of urea groups is 1. The van der Waals surface area contributed by atoms with Gasteiger partial charge in [0.25, 0.3) is 5.91 Å². The van der Waals surface area contributed by atoms with E-state index in [0.29, 0.717) is 33.4 Å². The van der Waals surface area contributed by atoms with Gasteiger partial charge in [-0.1, -0.05) is 17.7 Å². The van der Waals surface area contributed by atoms with Gasteiger partial charge in [-0.05, 0) is 61.5 Å². The molecule has 0 aliphatic rings. The van der Waals surface area contributed by atoms with Gasteiger partial charge in [0, 0.05) is 16.4 Å². The molecule has 0 atom stereocenters. The van der Waals surface area contributed by atoms with Gasteiger partial charge in [0.1, 0.15) is 5.76 Å². The number of hydrogen-bond donors (Lipinski definition) is 3. The van der Waals surface area contributed by atoms with Crippen molar-refractivity contribution in [2.24, 2.45) is 0 Å². The van der Waals surface area contributed by atoms with Gasteiger partial charge in [-0.2, -0.15) is 5.10 Å². The monoisotopic (exact) mass is 449 g/mol. The lowest BCUT2D eigenvalue weighted by Crippen LogP contribution is -2.27. The van der Waals surface area contributed by atoms with Crippen LogP contribution >= 0.6 is 11.6 Å². The van der Waals surface area contributed by atoms with Crippen LogP contribution < -0.4 is 16.0 Å². The van der Waals surface area contributed by atoms with Crippen molar-refractivity contribution in [2.75, 3.05) is 10.6 Å². The van der Waals surface area contributed by atoms with Crippen LogP contribution in [0.3, 0.4) is 0 Å². The second-order valence-corrected chi connectivity index (χ2v) is 7.39.